The van der Waals surface area contributed by atoms with E-state index in [4.69, 9.17) is 5.11 Å². The Morgan fingerprint density at radius 3 is 2.89 bits per heavy atom. The Morgan fingerprint density at radius 2 is 2.26 bits per heavy atom. The van der Waals surface area contributed by atoms with Crippen molar-refractivity contribution < 1.29 is 14.7 Å². The van der Waals surface area contributed by atoms with Crippen molar-refractivity contribution in [2.24, 2.45) is 0 Å². The van der Waals surface area contributed by atoms with Crippen LogP contribution in [0.5, 0.6) is 0 Å². The van der Waals surface area contributed by atoms with Crippen LogP contribution < -0.4 is 5.32 Å². The van der Waals surface area contributed by atoms with E-state index >= 15 is 0 Å². The molecule has 100 valence electrons. The van der Waals surface area contributed by atoms with Crippen molar-refractivity contribution in [3.8, 4) is 10.6 Å². The van der Waals surface area contributed by atoms with E-state index in [2.05, 4.69) is 10.3 Å². The average Bonchev–Trinajstić information content (AvgIpc) is 2.96. The highest BCUT2D eigenvalue weighted by atomic mass is 32.1. The van der Waals surface area contributed by atoms with Crippen LogP contribution in [-0.4, -0.2) is 28.5 Å². The Labute approximate surface area is 117 Å². The maximum Gasteiger partial charge on any atom is 0.305 e. The van der Waals surface area contributed by atoms with Gasteiger partial charge >= 0.3 is 5.97 Å². The van der Waals surface area contributed by atoms with Crippen molar-refractivity contribution in [3.05, 3.63) is 27.4 Å². The van der Waals surface area contributed by atoms with Crippen LogP contribution in [0.2, 0.25) is 0 Å². The Kier molecular flexibility index (Phi) is 4.28. The van der Waals surface area contributed by atoms with Crippen molar-refractivity contribution in [2.45, 2.75) is 13.3 Å². The second kappa shape index (κ2) is 5.94. The summed E-state index contributed by atoms with van der Waals surface area (Å²) >= 11 is 2.90. The van der Waals surface area contributed by atoms with Crippen LogP contribution in [0, 0.1) is 6.92 Å². The van der Waals surface area contributed by atoms with Crippen molar-refractivity contribution in [2.75, 3.05) is 6.54 Å². The summed E-state index contributed by atoms with van der Waals surface area (Å²) in [4.78, 5) is 27.2. The lowest BCUT2D eigenvalue weighted by Gasteiger charge is -2.00. The number of hydrogen-bond acceptors (Lipinski definition) is 5. The smallest absolute Gasteiger partial charge is 0.305 e. The highest BCUT2D eigenvalue weighted by Gasteiger charge is 2.16. The molecule has 2 heterocycles. The largest absolute Gasteiger partial charge is 0.481 e. The molecule has 0 saturated heterocycles. The first kappa shape index (κ1) is 13.7. The number of hydrogen-bond donors (Lipinski definition) is 2. The van der Waals surface area contributed by atoms with Crippen LogP contribution in [0.4, 0.5) is 0 Å². The van der Waals surface area contributed by atoms with Crippen LogP contribution in [0.15, 0.2) is 16.8 Å². The molecule has 0 bridgehead atoms. The number of aromatic nitrogens is 1. The standard InChI is InChI=1S/C12H12N2O3S2/c1-7-10(11(17)13-4-2-9(15)16)19-12(14-7)8-3-5-18-6-8/h3,5-6H,2,4H2,1H3,(H,13,17)(H,15,16). The number of nitrogens with zero attached hydrogens (tertiary/aromatic N) is 1. The summed E-state index contributed by atoms with van der Waals surface area (Å²) in [6.07, 6.45) is -0.0824. The molecule has 0 radical (unpaired) electrons. The third kappa shape index (κ3) is 3.39. The maximum atomic E-state index is 11.9. The summed E-state index contributed by atoms with van der Waals surface area (Å²) in [5.41, 5.74) is 1.67. The highest BCUT2D eigenvalue weighted by Crippen LogP contribution is 2.29. The van der Waals surface area contributed by atoms with E-state index < -0.39 is 5.97 Å². The molecular weight excluding hydrogens is 284 g/mol. The Bertz CT molecular complexity index is 590. The molecule has 2 aromatic heterocycles. The average molecular weight is 296 g/mol. The third-order valence-corrected chi connectivity index (χ3v) is 4.28. The van der Waals surface area contributed by atoms with E-state index in [1.54, 1.807) is 18.3 Å². The first-order valence-electron chi connectivity index (χ1n) is 5.58. The minimum Gasteiger partial charge on any atom is -0.481 e. The third-order valence-electron chi connectivity index (χ3n) is 2.40. The minimum absolute atomic E-state index is 0.0824. The van der Waals surface area contributed by atoms with Crippen LogP contribution in [0.1, 0.15) is 21.8 Å². The summed E-state index contributed by atoms with van der Waals surface area (Å²) in [6, 6.07) is 1.95. The maximum absolute atomic E-state index is 11.9. The molecule has 7 heteroatoms. The lowest BCUT2D eigenvalue weighted by Crippen LogP contribution is -2.25. The van der Waals surface area contributed by atoms with Gasteiger partial charge in [0.25, 0.3) is 5.91 Å². The summed E-state index contributed by atoms with van der Waals surface area (Å²) in [7, 11) is 0. The topological polar surface area (TPSA) is 79.3 Å². The molecule has 0 atom stereocenters. The summed E-state index contributed by atoms with van der Waals surface area (Å²) < 4.78 is 0. The Hall–Kier alpha value is -1.73. The first-order chi connectivity index (χ1) is 9.08. The first-order valence-corrected chi connectivity index (χ1v) is 7.34. The Balaban J connectivity index is 2.08. The van der Waals surface area contributed by atoms with Crippen molar-refractivity contribution in [1.82, 2.24) is 10.3 Å². The molecule has 19 heavy (non-hydrogen) atoms. The van der Waals surface area contributed by atoms with Crippen LogP contribution in [0.25, 0.3) is 10.6 Å². The molecule has 1 amide bonds. The van der Waals surface area contributed by atoms with Gasteiger partial charge < -0.3 is 10.4 Å². The number of carbonyl (C=O) groups is 2. The number of carboxylic acids is 1. The fourth-order valence-corrected chi connectivity index (χ4v) is 3.17. The summed E-state index contributed by atoms with van der Waals surface area (Å²) in [5, 5.41) is 15.8. The fourth-order valence-electron chi connectivity index (χ4n) is 1.48. The molecule has 2 rings (SSSR count). The second-order valence-corrected chi connectivity index (χ2v) is 5.62. The summed E-state index contributed by atoms with van der Waals surface area (Å²) in [5.74, 6) is -1.20. The van der Waals surface area contributed by atoms with E-state index in [9.17, 15) is 9.59 Å². The van der Waals surface area contributed by atoms with Gasteiger partial charge in [-0.1, -0.05) is 0 Å². The molecule has 2 N–H and O–H groups in total. The number of aliphatic carboxylic acids is 1. The molecule has 0 aliphatic carbocycles. The van der Waals surface area contributed by atoms with Crippen molar-refractivity contribution in [3.63, 3.8) is 0 Å². The van der Waals surface area contributed by atoms with Gasteiger partial charge in [0.05, 0.1) is 12.1 Å². The summed E-state index contributed by atoms with van der Waals surface area (Å²) in [6.45, 7) is 1.90. The fraction of sp³-hybridized carbons (Fsp3) is 0.250. The lowest BCUT2D eigenvalue weighted by atomic mass is 10.3. The number of aryl methyl sites for hydroxylation is 1. The lowest BCUT2D eigenvalue weighted by molar-refractivity contribution is -0.136. The number of carbonyl (C=O) groups excluding carboxylic acids is 1. The minimum atomic E-state index is -0.930. The SMILES string of the molecule is Cc1nc(-c2ccsc2)sc1C(=O)NCCC(=O)O. The van der Waals surface area contributed by atoms with Gasteiger partial charge in [-0.05, 0) is 18.4 Å². The monoisotopic (exact) mass is 296 g/mol. The number of thiophene rings is 1. The Morgan fingerprint density at radius 1 is 1.47 bits per heavy atom. The van der Waals surface area contributed by atoms with E-state index in [1.165, 1.54) is 11.3 Å². The zero-order valence-corrected chi connectivity index (χ0v) is 11.8. The van der Waals surface area contributed by atoms with E-state index in [0.717, 1.165) is 10.6 Å². The van der Waals surface area contributed by atoms with E-state index in [-0.39, 0.29) is 18.9 Å². The molecule has 0 unspecified atom stereocenters. The quantitative estimate of drug-likeness (QED) is 0.888. The van der Waals surface area contributed by atoms with E-state index in [1.807, 2.05) is 16.8 Å². The van der Waals surface area contributed by atoms with Crippen molar-refractivity contribution in [1.29, 1.82) is 0 Å². The van der Waals surface area contributed by atoms with Crippen LogP contribution >= 0.6 is 22.7 Å². The molecule has 5 nitrogen and oxygen atoms in total. The van der Waals surface area contributed by atoms with Gasteiger partial charge in [-0.15, -0.1) is 11.3 Å². The van der Waals surface area contributed by atoms with Crippen molar-refractivity contribution >= 4 is 34.6 Å². The van der Waals surface area contributed by atoms with Crippen LogP contribution in [0.3, 0.4) is 0 Å². The molecule has 0 aliphatic rings. The van der Waals surface area contributed by atoms with Gasteiger partial charge in [-0.3, -0.25) is 9.59 Å². The molecule has 2 aromatic rings. The molecule has 0 aliphatic heterocycles. The predicted octanol–water partition coefficient (Wildman–Crippen LogP) is 2.38. The number of carboxylic acid groups (broad SMARTS) is 1. The molecule has 0 saturated carbocycles. The van der Waals surface area contributed by atoms with Gasteiger partial charge in [0.15, 0.2) is 0 Å². The van der Waals surface area contributed by atoms with Gasteiger partial charge in [0, 0.05) is 17.5 Å². The van der Waals surface area contributed by atoms with Gasteiger partial charge in [-0.2, -0.15) is 11.3 Å². The number of rotatable bonds is 5. The zero-order chi connectivity index (χ0) is 13.8. The van der Waals surface area contributed by atoms with Crippen LogP contribution in [-0.2, 0) is 4.79 Å². The van der Waals surface area contributed by atoms with Gasteiger partial charge in [-0.25, -0.2) is 4.98 Å². The number of nitrogens with one attached hydrogen (secondary N) is 1. The van der Waals surface area contributed by atoms with Gasteiger partial charge in [0.2, 0.25) is 0 Å². The molecule has 0 aromatic carbocycles. The molecule has 0 fully saturated rings. The molecular formula is C12H12N2O3S2. The zero-order valence-electron chi connectivity index (χ0n) is 10.2. The number of amides is 1. The molecule has 0 spiro atoms. The number of thiazole rings is 1. The predicted molar refractivity (Wildman–Crippen MR) is 74.8 cm³/mol. The normalized spacial score (nSPS) is 10.4. The van der Waals surface area contributed by atoms with Gasteiger partial charge in [0.1, 0.15) is 9.88 Å². The van der Waals surface area contributed by atoms with E-state index in [0.29, 0.717) is 10.6 Å². The highest BCUT2D eigenvalue weighted by molar-refractivity contribution is 7.17. The second-order valence-electron chi connectivity index (χ2n) is 3.85.